The highest BCUT2D eigenvalue weighted by atomic mass is 19.4. The van der Waals surface area contributed by atoms with Crippen molar-refractivity contribution in [2.24, 2.45) is 0 Å². The van der Waals surface area contributed by atoms with E-state index in [1.165, 1.54) is 6.07 Å². The molecule has 1 aromatic carbocycles. The molecular formula is C17H22F3N3O3. The Morgan fingerprint density at radius 2 is 2.00 bits per heavy atom. The average Bonchev–Trinajstić information content (AvgIpc) is 2.88. The molecular weight excluding hydrogens is 351 g/mol. The Morgan fingerprint density at radius 1 is 1.27 bits per heavy atom. The number of anilines is 1. The summed E-state index contributed by atoms with van der Waals surface area (Å²) in [7, 11) is 0. The van der Waals surface area contributed by atoms with E-state index in [1.54, 1.807) is 17.0 Å². The molecule has 0 bridgehead atoms. The fourth-order valence-electron chi connectivity index (χ4n) is 3.20. The second kappa shape index (κ2) is 8.29. The fraction of sp³-hybridized carbons (Fsp3) is 0.529. The Labute approximate surface area is 149 Å². The van der Waals surface area contributed by atoms with Crippen LogP contribution in [0.5, 0.6) is 0 Å². The first-order valence-electron chi connectivity index (χ1n) is 8.42. The van der Waals surface area contributed by atoms with Crippen molar-refractivity contribution in [1.29, 1.82) is 0 Å². The lowest BCUT2D eigenvalue weighted by Gasteiger charge is -2.20. The number of hydrogen-bond donors (Lipinski definition) is 3. The third-order valence-corrected chi connectivity index (χ3v) is 4.19. The van der Waals surface area contributed by atoms with Crippen LogP contribution in [0.1, 0.15) is 41.6 Å². The second-order valence-corrected chi connectivity index (χ2v) is 6.19. The maximum absolute atomic E-state index is 13.0. The van der Waals surface area contributed by atoms with Crippen molar-refractivity contribution in [2.45, 2.75) is 31.9 Å². The molecule has 0 radical (unpaired) electrons. The minimum Gasteiger partial charge on any atom is -0.465 e. The van der Waals surface area contributed by atoms with E-state index in [1.807, 2.05) is 6.92 Å². The van der Waals surface area contributed by atoms with Gasteiger partial charge in [0, 0.05) is 43.3 Å². The lowest BCUT2D eigenvalue weighted by atomic mass is 9.92. The molecule has 1 heterocycles. The number of benzene rings is 1. The van der Waals surface area contributed by atoms with Gasteiger partial charge in [-0.1, -0.05) is 13.0 Å². The number of nitrogens with one attached hydrogen (secondary N) is 2. The summed E-state index contributed by atoms with van der Waals surface area (Å²) in [6.07, 6.45) is -5.85. The molecule has 1 aliphatic heterocycles. The zero-order chi connectivity index (χ0) is 19.3. The van der Waals surface area contributed by atoms with Gasteiger partial charge in [0.25, 0.3) is 5.91 Å². The third-order valence-electron chi connectivity index (χ3n) is 4.19. The minimum absolute atomic E-state index is 0.0831. The maximum atomic E-state index is 13.0. The van der Waals surface area contributed by atoms with Gasteiger partial charge in [0.2, 0.25) is 0 Å². The van der Waals surface area contributed by atoms with Gasteiger partial charge in [0.05, 0.1) is 6.42 Å². The van der Waals surface area contributed by atoms with Gasteiger partial charge in [0.15, 0.2) is 0 Å². The van der Waals surface area contributed by atoms with Crippen LogP contribution in [0, 0.1) is 0 Å². The molecule has 1 atom stereocenters. The maximum Gasteiger partial charge on any atom is 0.404 e. The van der Waals surface area contributed by atoms with Crippen molar-refractivity contribution in [3.63, 3.8) is 0 Å². The first-order valence-corrected chi connectivity index (χ1v) is 8.42. The highest BCUT2D eigenvalue weighted by molar-refractivity contribution is 5.98. The van der Waals surface area contributed by atoms with Gasteiger partial charge in [0.1, 0.15) is 0 Å². The molecule has 26 heavy (non-hydrogen) atoms. The number of carbonyl (C=O) groups excluding carboxylic acids is 1. The molecule has 6 nitrogen and oxygen atoms in total. The molecule has 0 aliphatic carbocycles. The van der Waals surface area contributed by atoms with E-state index in [9.17, 15) is 22.8 Å². The van der Waals surface area contributed by atoms with Gasteiger partial charge < -0.3 is 20.6 Å². The summed E-state index contributed by atoms with van der Waals surface area (Å²) in [5, 5.41) is 13.6. The number of carbonyl (C=O) groups is 2. The molecule has 0 spiro atoms. The fourth-order valence-corrected chi connectivity index (χ4v) is 3.20. The monoisotopic (exact) mass is 373 g/mol. The van der Waals surface area contributed by atoms with Crippen molar-refractivity contribution < 1.29 is 27.9 Å². The lowest BCUT2D eigenvalue weighted by Crippen LogP contribution is -2.34. The smallest absolute Gasteiger partial charge is 0.404 e. The molecule has 1 aromatic rings. The first kappa shape index (κ1) is 19.9. The molecule has 2 amide bonds. The van der Waals surface area contributed by atoms with Crippen molar-refractivity contribution in [3.05, 3.63) is 29.3 Å². The lowest BCUT2D eigenvalue weighted by molar-refractivity contribution is -0.138. The minimum atomic E-state index is -4.36. The molecule has 144 valence electrons. The number of hydrogen-bond acceptors (Lipinski definition) is 3. The van der Waals surface area contributed by atoms with Crippen molar-refractivity contribution in [3.8, 4) is 0 Å². The van der Waals surface area contributed by atoms with Crippen LogP contribution in [-0.4, -0.2) is 49.5 Å². The van der Waals surface area contributed by atoms with E-state index in [-0.39, 0.29) is 31.1 Å². The number of rotatable bonds is 7. The summed E-state index contributed by atoms with van der Waals surface area (Å²) < 4.78 is 39.0. The van der Waals surface area contributed by atoms with Gasteiger partial charge >= 0.3 is 12.3 Å². The number of fused-ring (bicyclic) bond motifs is 1. The van der Waals surface area contributed by atoms with E-state index < -0.39 is 24.6 Å². The van der Waals surface area contributed by atoms with Crippen LogP contribution in [0.25, 0.3) is 0 Å². The second-order valence-electron chi connectivity index (χ2n) is 6.19. The summed E-state index contributed by atoms with van der Waals surface area (Å²) in [6.45, 7) is 2.74. The SMILES string of the molecule is CCCNC(=O)c1cccc2c1C(CC(F)(F)F)CN2CCNC(=O)O. The molecule has 0 saturated carbocycles. The summed E-state index contributed by atoms with van der Waals surface area (Å²) in [6, 6.07) is 4.84. The van der Waals surface area contributed by atoms with Crippen molar-refractivity contribution >= 4 is 17.7 Å². The molecule has 1 unspecified atom stereocenters. The van der Waals surface area contributed by atoms with Gasteiger partial charge in [-0.2, -0.15) is 13.2 Å². The number of amides is 2. The zero-order valence-corrected chi connectivity index (χ0v) is 14.4. The van der Waals surface area contributed by atoms with E-state index in [0.717, 1.165) is 6.42 Å². The Bertz CT molecular complexity index is 664. The number of nitrogens with zero attached hydrogens (tertiary/aromatic N) is 1. The van der Waals surface area contributed by atoms with E-state index in [0.29, 0.717) is 17.8 Å². The van der Waals surface area contributed by atoms with Crippen LogP contribution >= 0.6 is 0 Å². The summed E-state index contributed by atoms with van der Waals surface area (Å²) in [4.78, 5) is 24.7. The number of carboxylic acid groups (broad SMARTS) is 1. The Balaban J connectivity index is 2.30. The van der Waals surface area contributed by atoms with E-state index >= 15 is 0 Å². The van der Waals surface area contributed by atoms with Gasteiger partial charge in [-0.05, 0) is 24.1 Å². The van der Waals surface area contributed by atoms with Crippen LogP contribution in [-0.2, 0) is 0 Å². The summed E-state index contributed by atoms with van der Waals surface area (Å²) in [5.74, 6) is -1.25. The standard InChI is InChI=1S/C17H22F3N3O3/c1-2-6-21-15(24)12-4-3-5-13-14(12)11(9-17(18,19)20)10-23(13)8-7-22-16(25)26/h3-5,11,22H,2,6-10H2,1H3,(H,21,24)(H,25,26). The van der Waals surface area contributed by atoms with E-state index in [4.69, 9.17) is 5.11 Å². The normalized spacial score (nSPS) is 16.3. The third kappa shape index (κ3) is 5.03. The largest absolute Gasteiger partial charge is 0.465 e. The molecule has 0 saturated heterocycles. The predicted molar refractivity (Wildman–Crippen MR) is 90.7 cm³/mol. The number of halogens is 3. The van der Waals surface area contributed by atoms with Crippen LogP contribution in [0.15, 0.2) is 18.2 Å². The average molecular weight is 373 g/mol. The van der Waals surface area contributed by atoms with Crippen LogP contribution in [0.2, 0.25) is 0 Å². The summed E-state index contributed by atoms with van der Waals surface area (Å²) >= 11 is 0. The Morgan fingerprint density at radius 3 is 2.62 bits per heavy atom. The first-order chi connectivity index (χ1) is 12.2. The van der Waals surface area contributed by atoms with Crippen LogP contribution in [0.4, 0.5) is 23.7 Å². The topological polar surface area (TPSA) is 81.7 Å². The van der Waals surface area contributed by atoms with Crippen LogP contribution in [0.3, 0.4) is 0 Å². The van der Waals surface area contributed by atoms with Gasteiger partial charge in [-0.3, -0.25) is 4.79 Å². The predicted octanol–water partition coefficient (Wildman–Crippen LogP) is 2.95. The summed E-state index contributed by atoms with van der Waals surface area (Å²) in [5.41, 5.74) is 1.18. The van der Waals surface area contributed by atoms with Crippen molar-refractivity contribution in [1.82, 2.24) is 10.6 Å². The molecule has 3 N–H and O–H groups in total. The van der Waals surface area contributed by atoms with Crippen molar-refractivity contribution in [2.75, 3.05) is 31.1 Å². The quantitative estimate of drug-likeness (QED) is 0.686. The Hall–Kier alpha value is -2.45. The van der Waals surface area contributed by atoms with E-state index in [2.05, 4.69) is 10.6 Å². The molecule has 1 aliphatic rings. The number of alkyl halides is 3. The zero-order valence-electron chi connectivity index (χ0n) is 14.4. The van der Waals surface area contributed by atoms with Crippen LogP contribution < -0.4 is 15.5 Å². The molecule has 0 aromatic heterocycles. The molecule has 9 heteroatoms. The molecule has 2 rings (SSSR count). The Kier molecular flexibility index (Phi) is 6.33. The van der Waals surface area contributed by atoms with Gasteiger partial charge in [-0.15, -0.1) is 0 Å². The highest BCUT2D eigenvalue weighted by Gasteiger charge is 2.40. The highest BCUT2D eigenvalue weighted by Crippen LogP contribution is 2.43. The molecule has 0 fully saturated rings. The van der Waals surface area contributed by atoms with Gasteiger partial charge in [-0.25, -0.2) is 4.79 Å².